The smallest absolute Gasteiger partial charge is 0.227 e. The van der Waals surface area contributed by atoms with E-state index in [0.717, 1.165) is 22.2 Å². The van der Waals surface area contributed by atoms with E-state index >= 15 is 0 Å². The van der Waals surface area contributed by atoms with E-state index in [1.165, 1.54) is 0 Å². The molecular weight excluding hydrogens is 446 g/mol. The van der Waals surface area contributed by atoms with E-state index in [1.54, 1.807) is 19.4 Å². The zero-order valence-electron chi connectivity index (χ0n) is 20.6. The van der Waals surface area contributed by atoms with Crippen molar-refractivity contribution in [1.82, 2.24) is 19.9 Å². The normalized spacial score (nSPS) is 24.7. The highest BCUT2D eigenvalue weighted by molar-refractivity contribution is 5.96. The molecule has 3 aromatic rings. The third-order valence-corrected chi connectivity index (χ3v) is 7.11. The molecule has 3 aromatic heterocycles. The summed E-state index contributed by atoms with van der Waals surface area (Å²) in [4.78, 5) is 22.5. The van der Waals surface area contributed by atoms with Crippen LogP contribution in [0.1, 0.15) is 38.7 Å². The second-order valence-electron chi connectivity index (χ2n) is 9.71. The molecule has 10 heteroatoms. The molecular formula is C25H33N7O3. The van der Waals surface area contributed by atoms with Crippen molar-refractivity contribution >= 4 is 34.2 Å². The van der Waals surface area contributed by atoms with Gasteiger partial charge in [-0.05, 0) is 42.3 Å². The van der Waals surface area contributed by atoms with Crippen LogP contribution in [-0.2, 0) is 4.74 Å². The van der Waals surface area contributed by atoms with E-state index in [4.69, 9.17) is 9.72 Å². The first-order chi connectivity index (χ1) is 16.9. The third kappa shape index (κ3) is 4.49. The van der Waals surface area contributed by atoms with E-state index in [9.17, 15) is 10.2 Å². The molecule has 2 saturated heterocycles. The predicted octanol–water partition coefficient (Wildman–Crippen LogP) is 2.44. The summed E-state index contributed by atoms with van der Waals surface area (Å²) in [6, 6.07) is 3.87. The van der Waals surface area contributed by atoms with Crippen molar-refractivity contribution in [2.75, 3.05) is 41.9 Å². The number of nitrogens with zero attached hydrogens (tertiary/aromatic N) is 6. The molecule has 0 bridgehead atoms. The molecule has 0 saturated carbocycles. The van der Waals surface area contributed by atoms with Crippen LogP contribution in [0.5, 0.6) is 0 Å². The molecule has 186 valence electrons. The summed E-state index contributed by atoms with van der Waals surface area (Å²) < 4.78 is 5.34. The maximum Gasteiger partial charge on any atom is 0.227 e. The molecule has 0 unspecified atom stereocenters. The Kier molecular flexibility index (Phi) is 6.43. The number of anilines is 4. The highest BCUT2D eigenvalue weighted by Gasteiger charge is 2.36. The number of piperidine rings is 1. The van der Waals surface area contributed by atoms with Gasteiger partial charge in [-0.1, -0.05) is 13.8 Å². The van der Waals surface area contributed by atoms with Gasteiger partial charge in [-0.2, -0.15) is 4.98 Å². The van der Waals surface area contributed by atoms with Gasteiger partial charge in [0, 0.05) is 50.7 Å². The van der Waals surface area contributed by atoms with Crippen LogP contribution in [0.2, 0.25) is 0 Å². The van der Waals surface area contributed by atoms with Crippen molar-refractivity contribution in [1.29, 1.82) is 0 Å². The minimum atomic E-state index is -0.580. The van der Waals surface area contributed by atoms with E-state index in [1.807, 2.05) is 30.3 Å². The molecule has 35 heavy (non-hydrogen) atoms. The average molecular weight is 480 g/mol. The zero-order chi connectivity index (χ0) is 24.7. The lowest BCUT2D eigenvalue weighted by molar-refractivity contribution is -0.0219. The van der Waals surface area contributed by atoms with Gasteiger partial charge in [0.2, 0.25) is 5.95 Å². The van der Waals surface area contributed by atoms with Crippen LogP contribution in [0, 0.1) is 0 Å². The number of aliphatic hydroxyl groups excluding tert-OH is 2. The van der Waals surface area contributed by atoms with Crippen LogP contribution in [0.4, 0.5) is 23.4 Å². The molecule has 0 amide bonds. The van der Waals surface area contributed by atoms with Crippen molar-refractivity contribution in [3.63, 3.8) is 0 Å². The minimum Gasteiger partial charge on any atom is -0.389 e. The van der Waals surface area contributed by atoms with Crippen LogP contribution >= 0.6 is 0 Å². The number of nitrogens with one attached hydrogen (secondary N) is 1. The van der Waals surface area contributed by atoms with Crippen LogP contribution < -0.4 is 15.1 Å². The molecule has 0 spiro atoms. The number of aromatic nitrogens is 4. The van der Waals surface area contributed by atoms with E-state index in [0.29, 0.717) is 49.6 Å². The maximum atomic E-state index is 10.3. The number of fused-ring (bicyclic) bond motifs is 1. The molecule has 2 aliphatic heterocycles. The van der Waals surface area contributed by atoms with Gasteiger partial charge in [-0.3, -0.25) is 0 Å². The van der Waals surface area contributed by atoms with Gasteiger partial charge in [-0.25, -0.2) is 15.0 Å². The molecule has 0 radical (unpaired) electrons. The molecule has 0 aliphatic carbocycles. The number of methoxy groups -OCH3 is 1. The van der Waals surface area contributed by atoms with Crippen LogP contribution in [-0.4, -0.2) is 81.2 Å². The van der Waals surface area contributed by atoms with Crippen LogP contribution in [0.25, 0.3) is 10.8 Å². The van der Waals surface area contributed by atoms with Gasteiger partial charge in [0.25, 0.3) is 0 Å². The highest BCUT2D eigenvalue weighted by Crippen LogP contribution is 2.36. The lowest BCUT2D eigenvalue weighted by Gasteiger charge is -2.44. The fourth-order valence-electron chi connectivity index (χ4n) is 4.84. The number of hydrogen-bond acceptors (Lipinski definition) is 10. The summed E-state index contributed by atoms with van der Waals surface area (Å²) in [7, 11) is 1.62. The Morgan fingerprint density at radius 2 is 1.89 bits per heavy atom. The Hall–Kier alpha value is -3.08. The second-order valence-corrected chi connectivity index (χ2v) is 9.71. The Morgan fingerprint density at radius 1 is 1.06 bits per heavy atom. The molecule has 5 rings (SSSR count). The van der Waals surface area contributed by atoms with Gasteiger partial charge in [0.05, 0.1) is 24.4 Å². The average Bonchev–Trinajstić information content (AvgIpc) is 2.86. The van der Waals surface area contributed by atoms with Crippen molar-refractivity contribution in [2.24, 2.45) is 0 Å². The van der Waals surface area contributed by atoms with Gasteiger partial charge in [0.15, 0.2) is 0 Å². The standard InChI is InChI=1S/C25H33N7O3/c1-14(2)17-10-28-24(32-13-19(33)15(32)3)18-11-27-23(9-16(17)18)29-22-5-7-26-25(30-22)31-8-6-21(35-4)20(34)12-31/h5,7,9-11,14-15,19-21,33-34H,6,8,12-13H2,1-4H3,(H,26,27,29,30)/t15-,19+,20-,21+/m1/s1. The Morgan fingerprint density at radius 3 is 2.57 bits per heavy atom. The third-order valence-electron chi connectivity index (χ3n) is 7.11. The second kappa shape index (κ2) is 9.52. The molecule has 2 aliphatic rings. The Labute approximate surface area is 205 Å². The topological polar surface area (TPSA) is 120 Å². The van der Waals surface area contributed by atoms with Crippen LogP contribution in [0.15, 0.2) is 30.7 Å². The minimum absolute atomic E-state index is 0.0281. The fraction of sp³-hybridized carbons (Fsp3) is 0.520. The van der Waals surface area contributed by atoms with Crippen molar-refractivity contribution < 1.29 is 14.9 Å². The summed E-state index contributed by atoms with van der Waals surface area (Å²) in [6.07, 6.45) is 5.12. The number of pyridine rings is 2. The summed E-state index contributed by atoms with van der Waals surface area (Å²) in [5.41, 5.74) is 1.14. The monoisotopic (exact) mass is 479 g/mol. The zero-order valence-corrected chi connectivity index (χ0v) is 20.6. The van der Waals surface area contributed by atoms with Crippen LogP contribution in [0.3, 0.4) is 0 Å². The van der Waals surface area contributed by atoms with Gasteiger partial charge < -0.3 is 30.1 Å². The van der Waals surface area contributed by atoms with Gasteiger partial charge in [-0.15, -0.1) is 0 Å². The number of hydrogen-bond donors (Lipinski definition) is 3. The highest BCUT2D eigenvalue weighted by atomic mass is 16.5. The fourth-order valence-corrected chi connectivity index (χ4v) is 4.84. The first-order valence-electron chi connectivity index (χ1n) is 12.1. The SMILES string of the molecule is CO[C@H]1CCN(c2nccc(Nc3cc4c(C(C)C)cnc(N5C[C@H](O)[C@H]5C)c4cn3)n2)C[C@H]1O. The first kappa shape index (κ1) is 23.7. The summed E-state index contributed by atoms with van der Waals surface area (Å²) in [6.45, 7) is 8.02. The largest absolute Gasteiger partial charge is 0.389 e. The van der Waals surface area contributed by atoms with Crippen molar-refractivity contribution in [2.45, 2.75) is 57.5 Å². The van der Waals surface area contributed by atoms with Gasteiger partial charge in [0.1, 0.15) is 17.5 Å². The Balaban J connectivity index is 1.42. The summed E-state index contributed by atoms with van der Waals surface area (Å²) in [5.74, 6) is 3.01. The summed E-state index contributed by atoms with van der Waals surface area (Å²) in [5, 5.41) is 25.7. The van der Waals surface area contributed by atoms with E-state index in [2.05, 4.69) is 39.0 Å². The molecule has 2 fully saturated rings. The quantitative estimate of drug-likeness (QED) is 0.486. The number of rotatable bonds is 6. The molecule has 5 heterocycles. The number of β-amino-alcohol motifs (C(OH)–C–C–N with tert-alkyl or cyclic N) is 2. The number of aliphatic hydroxyl groups is 2. The van der Waals surface area contributed by atoms with Gasteiger partial charge >= 0.3 is 0 Å². The molecule has 10 nitrogen and oxygen atoms in total. The molecule has 0 aromatic carbocycles. The van der Waals surface area contributed by atoms with Crippen molar-refractivity contribution in [3.8, 4) is 0 Å². The first-order valence-corrected chi connectivity index (χ1v) is 12.1. The predicted molar refractivity (Wildman–Crippen MR) is 135 cm³/mol. The molecule has 3 N–H and O–H groups in total. The maximum absolute atomic E-state index is 10.3. The lowest BCUT2D eigenvalue weighted by atomic mass is 9.96. The molecule has 4 atom stereocenters. The lowest BCUT2D eigenvalue weighted by Crippen LogP contribution is -2.59. The Bertz CT molecular complexity index is 1210. The van der Waals surface area contributed by atoms with E-state index in [-0.39, 0.29) is 18.2 Å². The summed E-state index contributed by atoms with van der Waals surface area (Å²) >= 11 is 0. The number of ether oxygens (including phenoxy) is 1. The van der Waals surface area contributed by atoms with Crippen molar-refractivity contribution in [3.05, 3.63) is 36.3 Å². The van der Waals surface area contributed by atoms with E-state index < -0.39 is 6.10 Å².